The third-order valence-corrected chi connectivity index (χ3v) is 5.67. The van der Waals surface area contributed by atoms with Crippen LogP contribution in [-0.4, -0.2) is 48.5 Å². The van der Waals surface area contributed by atoms with Crippen molar-refractivity contribution in [2.75, 3.05) is 26.2 Å². The van der Waals surface area contributed by atoms with E-state index in [9.17, 15) is 5.11 Å². The van der Waals surface area contributed by atoms with Crippen LogP contribution in [0.25, 0.3) is 0 Å². The van der Waals surface area contributed by atoms with Crippen LogP contribution >= 0.6 is 12.4 Å². The normalized spacial score (nSPS) is 34.2. The maximum atomic E-state index is 10.3. The summed E-state index contributed by atoms with van der Waals surface area (Å²) in [7, 11) is 0. The van der Waals surface area contributed by atoms with Gasteiger partial charge < -0.3 is 14.7 Å². The second-order valence-corrected chi connectivity index (χ2v) is 8.36. The predicted molar refractivity (Wildman–Crippen MR) is 99.2 cm³/mol. The van der Waals surface area contributed by atoms with Crippen molar-refractivity contribution in [2.45, 2.75) is 72.0 Å². The summed E-state index contributed by atoms with van der Waals surface area (Å²) >= 11 is 0. The number of aliphatic hydroxyl groups excluding tert-OH is 1. The minimum absolute atomic E-state index is 0. The molecule has 2 rings (SSSR count). The molecule has 4 heteroatoms. The smallest absolute Gasteiger partial charge is 0.0900 e. The molecule has 1 N–H and O–H groups in total. The topological polar surface area (TPSA) is 32.7 Å². The number of piperidine rings is 1. The first-order valence-corrected chi connectivity index (χ1v) is 9.47. The second-order valence-electron chi connectivity index (χ2n) is 8.36. The van der Waals surface area contributed by atoms with E-state index in [1.807, 2.05) is 0 Å². The average molecular weight is 348 g/mol. The van der Waals surface area contributed by atoms with Gasteiger partial charge in [-0.05, 0) is 55.9 Å². The zero-order chi connectivity index (χ0) is 16.1. The van der Waals surface area contributed by atoms with E-state index < -0.39 is 0 Å². The fourth-order valence-electron chi connectivity index (χ4n) is 4.34. The van der Waals surface area contributed by atoms with E-state index in [-0.39, 0.29) is 18.5 Å². The van der Waals surface area contributed by atoms with E-state index in [1.54, 1.807) is 0 Å². The molecule has 1 saturated carbocycles. The summed E-state index contributed by atoms with van der Waals surface area (Å²) in [6, 6.07) is 0. The van der Waals surface area contributed by atoms with Crippen LogP contribution < -0.4 is 0 Å². The number of β-amino-alcohol motifs (C(OH)–C–C–N with tert-alkyl or cyclic N) is 1. The Morgan fingerprint density at radius 2 is 1.87 bits per heavy atom. The number of hydrogen-bond acceptors (Lipinski definition) is 3. The molecule has 1 saturated heterocycles. The molecule has 1 heterocycles. The molecule has 23 heavy (non-hydrogen) atoms. The first-order chi connectivity index (χ1) is 10.5. The fraction of sp³-hybridized carbons (Fsp3) is 1.00. The molecule has 0 bridgehead atoms. The van der Waals surface area contributed by atoms with Crippen LogP contribution in [-0.2, 0) is 4.74 Å². The lowest BCUT2D eigenvalue weighted by molar-refractivity contribution is -0.0751. The van der Waals surface area contributed by atoms with Crippen LogP contribution in [0.4, 0.5) is 0 Å². The van der Waals surface area contributed by atoms with Gasteiger partial charge in [0.2, 0.25) is 0 Å². The maximum absolute atomic E-state index is 10.3. The van der Waals surface area contributed by atoms with Crippen LogP contribution in [0.1, 0.15) is 59.8 Å². The van der Waals surface area contributed by atoms with Gasteiger partial charge in [-0.2, -0.15) is 0 Å². The Balaban J connectivity index is 0.00000264. The number of ether oxygens (including phenoxy) is 1. The van der Waals surface area contributed by atoms with Crippen LogP contribution in [0.15, 0.2) is 0 Å². The van der Waals surface area contributed by atoms with Gasteiger partial charge in [-0.15, -0.1) is 12.4 Å². The number of rotatable bonds is 6. The minimum Gasteiger partial charge on any atom is -0.389 e. The summed E-state index contributed by atoms with van der Waals surface area (Å²) in [5, 5.41) is 10.3. The van der Waals surface area contributed by atoms with Crippen LogP contribution in [0.3, 0.4) is 0 Å². The lowest BCUT2D eigenvalue weighted by Crippen LogP contribution is -2.42. The molecule has 0 aromatic rings. The van der Waals surface area contributed by atoms with E-state index in [0.29, 0.717) is 24.5 Å². The molecule has 1 aliphatic heterocycles. The summed E-state index contributed by atoms with van der Waals surface area (Å²) < 4.78 is 6.18. The minimum atomic E-state index is -0.338. The Morgan fingerprint density at radius 3 is 2.52 bits per heavy atom. The van der Waals surface area contributed by atoms with E-state index in [4.69, 9.17) is 4.74 Å². The van der Waals surface area contributed by atoms with Gasteiger partial charge in [-0.3, -0.25) is 0 Å². The molecule has 138 valence electrons. The van der Waals surface area contributed by atoms with E-state index in [0.717, 1.165) is 37.9 Å². The van der Waals surface area contributed by atoms with Crippen molar-refractivity contribution in [1.29, 1.82) is 0 Å². The van der Waals surface area contributed by atoms with Crippen molar-refractivity contribution >= 4 is 12.4 Å². The molecule has 2 aliphatic rings. The first kappa shape index (κ1) is 21.2. The van der Waals surface area contributed by atoms with Gasteiger partial charge in [-0.1, -0.05) is 34.1 Å². The Labute approximate surface area is 149 Å². The van der Waals surface area contributed by atoms with Crippen LogP contribution in [0.5, 0.6) is 0 Å². The summed E-state index contributed by atoms with van der Waals surface area (Å²) in [5.41, 5.74) is 0. The highest BCUT2D eigenvalue weighted by Crippen LogP contribution is 2.35. The summed E-state index contributed by atoms with van der Waals surface area (Å²) in [6.07, 6.45) is 6.38. The molecule has 0 spiro atoms. The molecule has 0 aromatic carbocycles. The molecule has 5 unspecified atom stereocenters. The number of aliphatic hydroxyl groups is 1. The molecular weight excluding hydrogens is 310 g/mol. The largest absolute Gasteiger partial charge is 0.389 e. The Kier molecular flexibility index (Phi) is 9.43. The highest BCUT2D eigenvalue weighted by molar-refractivity contribution is 5.85. The van der Waals surface area contributed by atoms with Crippen molar-refractivity contribution in [2.24, 2.45) is 23.7 Å². The predicted octanol–water partition coefficient (Wildman–Crippen LogP) is 3.98. The Morgan fingerprint density at radius 1 is 1.13 bits per heavy atom. The molecular formula is C19H38ClNO2. The maximum Gasteiger partial charge on any atom is 0.0900 e. The summed E-state index contributed by atoms with van der Waals surface area (Å²) in [4.78, 5) is 2.41. The van der Waals surface area contributed by atoms with Crippen molar-refractivity contribution in [3.8, 4) is 0 Å². The number of nitrogens with zero attached hydrogens (tertiary/aromatic N) is 1. The van der Waals surface area contributed by atoms with Crippen LogP contribution in [0.2, 0.25) is 0 Å². The third-order valence-electron chi connectivity index (χ3n) is 5.67. The zero-order valence-corrected chi connectivity index (χ0v) is 16.4. The molecule has 1 aliphatic carbocycles. The lowest BCUT2D eigenvalue weighted by atomic mass is 9.75. The first-order valence-electron chi connectivity index (χ1n) is 9.47. The number of likely N-dealkylation sites (tertiary alicyclic amines) is 1. The highest BCUT2D eigenvalue weighted by Gasteiger charge is 2.32. The van der Waals surface area contributed by atoms with E-state index in [2.05, 4.69) is 32.6 Å². The zero-order valence-electron chi connectivity index (χ0n) is 15.5. The highest BCUT2D eigenvalue weighted by atomic mass is 35.5. The molecule has 0 aromatic heterocycles. The number of hydrogen-bond donors (Lipinski definition) is 1. The lowest BCUT2D eigenvalue weighted by Gasteiger charge is -2.38. The second kappa shape index (κ2) is 10.2. The molecule has 3 nitrogen and oxygen atoms in total. The molecule has 0 amide bonds. The van der Waals surface area contributed by atoms with Crippen LogP contribution in [0, 0.1) is 23.7 Å². The van der Waals surface area contributed by atoms with E-state index >= 15 is 0 Å². The van der Waals surface area contributed by atoms with Gasteiger partial charge >= 0.3 is 0 Å². The van der Waals surface area contributed by atoms with Gasteiger partial charge in [0.1, 0.15) is 0 Å². The monoisotopic (exact) mass is 347 g/mol. The third kappa shape index (κ3) is 6.89. The van der Waals surface area contributed by atoms with Gasteiger partial charge in [0, 0.05) is 13.1 Å². The summed E-state index contributed by atoms with van der Waals surface area (Å²) in [5.74, 6) is 2.88. The van der Waals surface area contributed by atoms with Gasteiger partial charge in [0.05, 0.1) is 18.8 Å². The molecule has 0 radical (unpaired) electrons. The Hall–Kier alpha value is 0.170. The van der Waals surface area contributed by atoms with Crippen molar-refractivity contribution in [3.63, 3.8) is 0 Å². The quantitative estimate of drug-likeness (QED) is 0.788. The van der Waals surface area contributed by atoms with Gasteiger partial charge in [0.25, 0.3) is 0 Å². The van der Waals surface area contributed by atoms with E-state index in [1.165, 1.54) is 25.7 Å². The van der Waals surface area contributed by atoms with Crippen molar-refractivity contribution < 1.29 is 9.84 Å². The molecule has 5 atom stereocenters. The van der Waals surface area contributed by atoms with Gasteiger partial charge in [-0.25, -0.2) is 0 Å². The SMILES string of the molecule is CC1CCC(C(C)C)C(OCC(O)CN2CCCC(C)C2)C1.Cl. The fourth-order valence-corrected chi connectivity index (χ4v) is 4.34. The molecule has 2 fully saturated rings. The van der Waals surface area contributed by atoms with Crippen molar-refractivity contribution in [1.82, 2.24) is 4.90 Å². The standard InChI is InChI=1S/C19H37NO2.ClH/c1-14(2)18-8-7-15(3)10-19(18)22-13-17(21)12-20-9-5-6-16(4)11-20;/h14-19,21H,5-13H2,1-4H3;1H. The Bertz CT molecular complexity index is 326. The van der Waals surface area contributed by atoms with Gasteiger partial charge in [0.15, 0.2) is 0 Å². The van der Waals surface area contributed by atoms with Crippen molar-refractivity contribution in [3.05, 3.63) is 0 Å². The number of halogens is 1. The average Bonchev–Trinajstić information content (AvgIpc) is 2.45. The summed E-state index contributed by atoms with van der Waals surface area (Å²) in [6.45, 7) is 12.8.